The van der Waals surface area contributed by atoms with Crippen LogP contribution in [0.3, 0.4) is 0 Å². The van der Waals surface area contributed by atoms with Crippen LogP contribution in [-0.4, -0.2) is 24.6 Å². The van der Waals surface area contributed by atoms with Crippen molar-refractivity contribution in [2.75, 3.05) is 0 Å². The van der Waals surface area contributed by atoms with Gasteiger partial charge in [0, 0.05) is 22.1 Å². The van der Waals surface area contributed by atoms with Gasteiger partial charge in [-0.1, -0.05) is 17.7 Å². The Morgan fingerprint density at radius 2 is 2.07 bits per heavy atom. The largest absolute Gasteiger partial charge is 0.346 e. The summed E-state index contributed by atoms with van der Waals surface area (Å²) in [5.74, 6) is -0.304. The fraction of sp³-hybridized carbons (Fsp3) is 0.188. The number of hydrogen-bond donors (Lipinski definition) is 3. The van der Waals surface area contributed by atoms with E-state index in [0.29, 0.717) is 16.4 Å². The highest BCUT2D eigenvalue weighted by Crippen LogP contribution is 2.31. The third-order valence-corrected chi connectivity index (χ3v) is 6.19. The van der Waals surface area contributed by atoms with Gasteiger partial charge in [0.05, 0.1) is 21.9 Å². The van der Waals surface area contributed by atoms with E-state index < -0.39 is 17.3 Å². The predicted molar refractivity (Wildman–Crippen MR) is 107 cm³/mol. The minimum Gasteiger partial charge on any atom is -0.346 e. The molecule has 142 valence electrons. The molecular weight excluding hydrogens is 428 g/mol. The molecule has 2 atom stereocenters. The van der Waals surface area contributed by atoms with Gasteiger partial charge in [-0.3, -0.25) is 14.3 Å². The Morgan fingerprint density at radius 3 is 2.63 bits per heavy atom. The molecule has 3 aromatic rings. The highest BCUT2D eigenvalue weighted by molar-refractivity contribution is 7.77. The first-order valence-electron chi connectivity index (χ1n) is 7.70. The van der Waals surface area contributed by atoms with Gasteiger partial charge in [0.25, 0.3) is 5.91 Å². The first kappa shape index (κ1) is 20.1. The van der Waals surface area contributed by atoms with Crippen LogP contribution in [0, 0.1) is 6.92 Å². The molecule has 0 aliphatic carbocycles. The third kappa shape index (κ3) is 5.41. The number of hydrogen-bond acceptors (Lipinski definition) is 6. The average Bonchev–Trinajstić information content (AvgIpc) is 3.26. The van der Waals surface area contributed by atoms with Crippen molar-refractivity contribution in [3.8, 4) is 0 Å². The lowest BCUT2D eigenvalue weighted by Gasteiger charge is -2.15. The van der Waals surface area contributed by atoms with Gasteiger partial charge in [0.1, 0.15) is 5.69 Å². The van der Waals surface area contributed by atoms with Gasteiger partial charge in [0.15, 0.2) is 0 Å². The number of nitrogens with one attached hydrogen (secondary N) is 2. The summed E-state index contributed by atoms with van der Waals surface area (Å²) < 4.78 is 23.6. The summed E-state index contributed by atoms with van der Waals surface area (Å²) in [5.41, 5.74) is 0.901. The number of carbonyl (C=O) groups excluding carboxylic acids is 1. The molecule has 0 saturated heterocycles. The van der Waals surface area contributed by atoms with Crippen molar-refractivity contribution in [1.82, 2.24) is 20.0 Å². The van der Waals surface area contributed by atoms with E-state index in [1.165, 1.54) is 28.9 Å². The van der Waals surface area contributed by atoms with Crippen LogP contribution in [0.15, 0.2) is 36.7 Å². The fourth-order valence-corrected chi connectivity index (χ4v) is 4.74. The van der Waals surface area contributed by atoms with E-state index in [1.807, 2.05) is 6.92 Å². The standard InChI is InChI=1S/C16H15ClN4O3S3/c1-9-18-7-11(25-9)8-20-16(22)12-3-2-10(6-19-12)15(21-27(23)24)13-4-5-14(17)26-13/h2-7,15,21H,8H2,1H3,(H,20,22)(H,23,24). The summed E-state index contributed by atoms with van der Waals surface area (Å²) in [5, 5.41) is 3.73. The van der Waals surface area contributed by atoms with Crippen molar-refractivity contribution < 1.29 is 13.6 Å². The molecule has 7 nitrogen and oxygen atoms in total. The number of nitrogens with zero attached hydrogens (tertiary/aromatic N) is 2. The van der Waals surface area contributed by atoms with Gasteiger partial charge < -0.3 is 5.32 Å². The lowest BCUT2D eigenvalue weighted by Crippen LogP contribution is -2.25. The summed E-state index contributed by atoms with van der Waals surface area (Å²) in [6.45, 7) is 2.29. The topological polar surface area (TPSA) is 104 Å². The zero-order valence-corrected chi connectivity index (χ0v) is 17.2. The van der Waals surface area contributed by atoms with Crippen LogP contribution < -0.4 is 10.0 Å². The summed E-state index contributed by atoms with van der Waals surface area (Å²) in [7, 11) is 0. The predicted octanol–water partition coefficient (Wildman–Crippen LogP) is 3.31. The quantitative estimate of drug-likeness (QED) is 0.487. The Bertz CT molecular complexity index is 958. The van der Waals surface area contributed by atoms with Gasteiger partial charge in [-0.25, -0.2) is 13.9 Å². The van der Waals surface area contributed by atoms with Gasteiger partial charge in [0.2, 0.25) is 11.3 Å². The molecule has 11 heteroatoms. The number of rotatable bonds is 7. The number of aromatic nitrogens is 2. The van der Waals surface area contributed by atoms with Crippen LogP contribution in [0.5, 0.6) is 0 Å². The SMILES string of the molecule is Cc1ncc(CNC(=O)c2ccc(C(NS(=O)O)c3ccc(Cl)s3)cn2)s1. The molecule has 27 heavy (non-hydrogen) atoms. The van der Waals surface area contributed by atoms with Gasteiger partial charge >= 0.3 is 0 Å². The van der Waals surface area contributed by atoms with E-state index in [2.05, 4.69) is 20.0 Å². The minimum absolute atomic E-state index is 0.257. The molecule has 3 heterocycles. The van der Waals surface area contributed by atoms with Crippen molar-refractivity contribution in [3.05, 3.63) is 67.0 Å². The maximum Gasteiger partial charge on any atom is 0.270 e. The van der Waals surface area contributed by atoms with E-state index in [-0.39, 0.29) is 11.6 Å². The molecular formula is C16H15ClN4O3S3. The minimum atomic E-state index is -2.22. The zero-order chi connectivity index (χ0) is 19.4. The molecule has 0 fully saturated rings. The number of carbonyl (C=O) groups is 1. The molecule has 0 spiro atoms. The summed E-state index contributed by atoms with van der Waals surface area (Å²) in [6, 6.07) is 6.20. The highest BCUT2D eigenvalue weighted by atomic mass is 35.5. The maximum absolute atomic E-state index is 12.2. The molecule has 3 aromatic heterocycles. The number of amides is 1. The summed E-state index contributed by atoms with van der Waals surface area (Å²) in [4.78, 5) is 22.3. The monoisotopic (exact) mass is 442 g/mol. The molecule has 1 amide bonds. The van der Waals surface area contributed by atoms with E-state index in [4.69, 9.17) is 11.6 Å². The van der Waals surface area contributed by atoms with Crippen molar-refractivity contribution in [3.63, 3.8) is 0 Å². The lowest BCUT2D eigenvalue weighted by molar-refractivity contribution is 0.0946. The molecule has 3 rings (SSSR count). The number of halogens is 1. The van der Waals surface area contributed by atoms with Crippen LogP contribution in [-0.2, 0) is 17.8 Å². The number of aryl methyl sites for hydroxylation is 1. The van der Waals surface area contributed by atoms with Crippen LogP contribution in [0.2, 0.25) is 4.34 Å². The van der Waals surface area contributed by atoms with Crippen LogP contribution in [0.4, 0.5) is 0 Å². The molecule has 0 aliphatic rings. The Kier molecular flexibility index (Phi) is 6.68. The number of thiazole rings is 1. The van der Waals surface area contributed by atoms with Gasteiger partial charge in [-0.05, 0) is 30.7 Å². The van der Waals surface area contributed by atoms with Crippen molar-refractivity contribution >= 4 is 51.4 Å². The zero-order valence-electron chi connectivity index (χ0n) is 14.0. The first-order chi connectivity index (χ1) is 12.9. The van der Waals surface area contributed by atoms with Crippen LogP contribution in [0.1, 0.15) is 36.9 Å². The molecule has 0 aliphatic heterocycles. The second kappa shape index (κ2) is 9.00. The third-order valence-electron chi connectivity index (χ3n) is 3.54. The number of pyridine rings is 1. The average molecular weight is 443 g/mol. The van der Waals surface area contributed by atoms with Crippen molar-refractivity contribution in [2.45, 2.75) is 19.5 Å². The smallest absolute Gasteiger partial charge is 0.270 e. The van der Waals surface area contributed by atoms with E-state index in [0.717, 1.165) is 14.8 Å². The second-order valence-corrected chi connectivity index (χ2v) is 9.25. The number of thiophene rings is 1. The maximum atomic E-state index is 12.2. The van der Waals surface area contributed by atoms with Crippen molar-refractivity contribution in [2.24, 2.45) is 0 Å². The molecule has 0 saturated carbocycles. The Morgan fingerprint density at radius 1 is 1.26 bits per heavy atom. The highest BCUT2D eigenvalue weighted by Gasteiger charge is 2.19. The van der Waals surface area contributed by atoms with E-state index in [9.17, 15) is 13.6 Å². The molecule has 0 bridgehead atoms. The summed E-state index contributed by atoms with van der Waals surface area (Å²) >= 11 is 6.56. The lowest BCUT2D eigenvalue weighted by atomic mass is 10.1. The normalized spacial score (nSPS) is 13.3. The summed E-state index contributed by atoms with van der Waals surface area (Å²) in [6.07, 6.45) is 3.23. The van der Waals surface area contributed by atoms with Gasteiger partial charge in [-0.15, -0.1) is 22.7 Å². The Labute approximate surface area is 171 Å². The van der Waals surface area contributed by atoms with E-state index >= 15 is 0 Å². The molecule has 0 aromatic carbocycles. The second-order valence-electron chi connectivity index (χ2n) is 5.45. The first-order valence-corrected chi connectivity index (χ1v) is 10.8. The molecule has 3 N–H and O–H groups in total. The van der Waals surface area contributed by atoms with Gasteiger partial charge in [-0.2, -0.15) is 0 Å². The Hall–Kier alpha value is -1.69. The Balaban J connectivity index is 1.72. The molecule has 0 radical (unpaired) electrons. The molecule has 2 unspecified atom stereocenters. The van der Waals surface area contributed by atoms with Crippen LogP contribution >= 0.6 is 34.3 Å². The van der Waals surface area contributed by atoms with Crippen molar-refractivity contribution in [1.29, 1.82) is 0 Å². The fourth-order valence-electron chi connectivity index (χ4n) is 2.33. The van der Waals surface area contributed by atoms with Crippen LogP contribution in [0.25, 0.3) is 0 Å². The van der Waals surface area contributed by atoms with E-state index in [1.54, 1.807) is 30.5 Å².